The van der Waals surface area contributed by atoms with Crippen LogP contribution in [0.1, 0.15) is 71.1 Å². The first kappa shape index (κ1) is 18.5. The molecule has 0 amide bonds. The van der Waals surface area contributed by atoms with Gasteiger partial charge in [-0.25, -0.2) is 0 Å². The summed E-state index contributed by atoms with van der Waals surface area (Å²) in [5.41, 5.74) is 0. The Kier molecular flexibility index (Phi) is 15.1. The molecule has 3 nitrogen and oxygen atoms in total. The number of hydrogen-bond acceptors (Lipinski definition) is 3. The Morgan fingerprint density at radius 3 is 1.95 bits per heavy atom. The average Bonchev–Trinajstić information content (AvgIpc) is 2.43. The summed E-state index contributed by atoms with van der Waals surface area (Å²) in [4.78, 5) is 0. The summed E-state index contributed by atoms with van der Waals surface area (Å²) >= 11 is 0.871. The van der Waals surface area contributed by atoms with Gasteiger partial charge >= 0.3 is 0 Å². The Balaban J connectivity index is 3.17. The first-order valence-corrected chi connectivity index (χ1v) is 8.84. The third-order valence-corrected chi connectivity index (χ3v) is 3.62. The topological polar surface area (TPSA) is 42.2 Å². The Morgan fingerprint density at radius 2 is 1.47 bits per heavy atom. The van der Waals surface area contributed by atoms with Gasteiger partial charge in [0.05, 0.1) is 6.61 Å². The first-order chi connectivity index (χ1) is 9.35. The number of rotatable bonds is 11. The molecule has 0 N–H and O–H groups in total. The van der Waals surface area contributed by atoms with Crippen molar-refractivity contribution in [1.82, 2.24) is 0 Å². The Hall–Kier alpha value is -0.530. The highest BCUT2D eigenvalue weighted by Crippen LogP contribution is 2.10. The second-order valence-corrected chi connectivity index (χ2v) is 5.53. The lowest BCUT2D eigenvalue weighted by Gasteiger charge is -2.04. The molecule has 0 unspecified atom stereocenters. The third kappa shape index (κ3) is 13.7. The van der Waals surface area contributed by atoms with E-state index >= 15 is 0 Å². The summed E-state index contributed by atoms with van der Waals surface area (Å²) in [6, 6.07) is 0. The minimum Gasteiger partial charge on any atom is -0.357 e. The SMILES string of the molecule is CCCCCCCCCCCCOC(OC#N)=[SH]C. The fourth-order valence-electron chi connectivity index (χ4n) is 1.93. The lowest BCUT2D eigenvalue weighted by atomic mass is 10.1. The lowest BCUT2D eigenvalue weighted by Crippen LogP contribution is -2.05. The van der Waals surface area contributed by atoms with Crippen LogP contribution in [0.3, 0.4) is 0 Å². The molecule has 0 aliphatic heterocycles. The molecule has 0 saturated heterocycles. The monoisotopic (exact) mass is 287 g/mol. The van der Waals surface area contributed by atoms with E-state index < -0.39 is 0 Å². The van der Waals surface area contributed by atoms with E-state index in [9.17, 15) is 0 Å². The van der Waals surface area contributed by atoms with Crippen molar-refractivity contribution in [2.75, 3.05) is 12.9 Å². The summed E-state index contributed by atoms with van der Waals surface area (Å²) in [5.74, 6) is 0. The number of unbranched alkanes of at least 4 members (excludes halogenated alkanes) is 9. The molecule has 0 spiro atoms. The maximum absolute atomic E-state index is 8.37. The minimum atomic E-state index is 0.415. The van der Waals surface area contributed by atoms with E-state index in [0.29, 0.717) is 11.8 Å². The molecule has 0 saturated carbocycles. The van der Waals surface area contributed by atoms with Crippen LogP contribution in [0.2, 0.25) is 0 Å². The fraction of sp³-hybridized carbons (Fsp3) is 0.867. The van der Waals surface area contributed by atoms with Crippen molar-refractivity contribution in [3.05, 3.63) is 0 Å². The molecule has 112 valence electrons. The van der Waals surface area contributed by atoms with Crippen molar-refractivity contribution < 1.29 is 9.47 Å². The molecule has 4 heteroatoms. The summed E-state index contributed by atoms with van der Waals surface area (Å²) in [6.45, 7) is 2.92. The quantitative estimate of drug-likeness (QED) is 0.261. The van der Waals surface area contributed by atoms with Crippen molar-refractivity contribution in [3.63, 3.8) is 0 Å². The summed E-state index contributed by atoms with van der Waals surface area (Å²) in [5, 5.41) is 8.78. The summed E-state index contributed by atoms with van der Waals surface area (Å²) in [6.07, 6.45) is 16.7. The normalized spacial score (nSPS) is 11.7. The van der Waals surface area contributed by atoms with E-state index in [-0.39, 0.29) is 0 Å². The van der Waals surface area contributed by atoms with Gasteiger partial charge in [0, 0.05) is 0 Å². The standard InChI is InChI=1S/C15H29NO2S/c1-3-4-5-6-7-8-9-10-11-12-13-17-15(19-2)18-14-16/h19H,3-13H2,1-2H3. The fourth-order valence-corrected chi connectivity index (χ4v) is 2.28. The van der Waals surface area contributed by atoms with E-state index in [1.807, 2.05) is 6.26 Å². The number of thiol groups is 1. The van der Waals surface area contributed by atoms with Gasteiger partial charge in [0.25, 0.3) is 11.5 Å². The molecule has 0 aliphatic rings. The van der Waals surface area contributed by atoms with Crippen molar-refractivity contribution in [1.29, 1.82) is 5.26 Å². The van der Waals surface area contributed by atoms with E-state index in [4.69, 9.17) is 10.00 Å². The van der Waals surface area contributed by atoms with Gasteiger partial charge < -0.3 is 9.47 Å². The van der Waals surface area contributed by atoms with Crippen LogP contribution in [0.25, 0.3) is 0 Å². The van der Waals surface area contributed by atoms with Crippen molar-refractivity contribution in [2.24, 2.45) is 0 Å². The molecule has 0 fully saturated rings. The smallest absolute Gasteiger partial charge is 0.294 e. The molecule has 0 aromatic carbocycles. The van der Waals surface area contributed by atoms with Crippen LogP contribution in [-0.2, 0) is 9.47 Å². The van der Waals surface area contributed by atoms with Crippen LogP contribution < -0.4 is 0 Å². The van der Waals surface area contributed by atoms with Crippen molar-refractivity contribution >= 4 is 16.6 Å². The zero-order chi connectivity index (χ0) is 14.2. The van der Waals surface area contributed by atoms with Gasteiger partial charge in [0.2, 0.25) is 0 Å². The Bertz CT molecular complexity index is 261. The van der Waals surface area contributed by atoms with Crippen LogP contribution >= 0.6 is 11.4 Å². The molecular formula is C15H29NO2S. The van der Waals surface area contributed by atoms with Crippen LogP contribution in [-0.4, -0.2) is 18.1 Å². The van der Waals surface area contributed by atoms with E-state index in [0.717, 1.165) is 17.8 Å². The maximum Gasteiger partial charge on any atom is 0.294 e. The van der Waals surface area contributed by atoms with Crippen LogP contribution in [0.4, 0.5) is 0 Å². The summed E-state index contributed by atoms with van der Waals surface area (Å²) in [7, 11) is 0. The molecular weight excluding hydrogens is 258 g/mol. The predicted octanol–water partition coefficient (Wildman–Crippen LogP) is 4.60. The Labute approximate surface area is 122 Å². The molecule has 0 bridgehead atoms. The Morgan fingerprint density at radius 1 is 0.947 bits per heavy atom. The number of hydrogen-bond donors (Lipinski definition) is 1. The van der Waals surface area contributed by atoms with Gasteiger partial charge in [-0.3, -0.25) is 0 Å². The van der Waals surface area contributed by atoms with Gasteiger partial charge in [-0.2, -0.15) is 0 Å². The summed E-state index contributed by atoms with van der Waals surface area (Å²) < 4.78 is 10.0. The van der Waals surface area contributed by atoms with Crippen LogP contribution in [0, 0.1) is 11.5 Å². The number of ether oxygens (including phenoxy) is 2. The van der Waals surface area contributed by atoms with Crippen LogP contribution in [0.15, 0.2) is 0 Å². The van der Waals surface area contributed by atoms with Gasteiger partial charge in [0.15, 0.2) is 0 Å². The van der Waals surface area contributed by atoms with Gasteiger partial charge in [-0.05, 0) is 12.7 Å². The average molecular weight is 287 g/mol. The van der Waals surface area contributed by atoms with Crippen molar-refractivity contribution in [2.45, 2.75) is 71.1 Å². The predicted molar refractivity (Wildman–Crippen MR) is 84.4 cm³/mol. The number of nitriles is 1. The van der Waals surface area contributed by atoms with Gasteiger partial charge in [-0.15, -0.1) is 16.6 Å². The first-order valence-electron chi connectivity index (χ1n) is 7.50. The lowest BCUT2D eigenvalue weighted by molar-refractivity contribution is 0.228. The minimum absolute atomic E-state index is 0.415. The highest BCUT2D eigenvalue weighted by molar-refractivity contribution is 7.97. The van der Waals surface area contributed by atoms with Gasteiger partial charge in [-0.1, -0.05) is 64.7 Å². The molecule has 0 radical (unpaired) electrons. The van der Waals surface area contributed by atoms with E-state index in [1.165, 1.54) is 57.8 Å². The molecule has 0 heterocycles. The molecule has 0 aliphatic carbocycles. The molecule has 0 atom stereocenters. The molecule has 0 aromatic heterocycles. The highest BCUT2D eigenvalue weighted by Gasteiger charge is 1.97. The van der Waals surface area contributed by atoms with E-state index in [2.05, 4.69) is 11.7 Å². The highest BCUT2D eigenvalue weighted by atomic mass is 32.1. The molecule has 0 aromatic rings. The zero-order valence-electron chi connectivity index (χ0n) is 12.5. The molecule has 19 heavy (non-hydrogen) atoms. The van der Waals surface area contributed by atoms with Crippen molar-refractivity contribution in [3.8, 4) is 6.26 Å². The van der Waals surface area contributed by atoms with Crippen LogP contribution in [0.5, 0.6) is 0 Å². The third-order valence-electron chi connectivity index (χ3n) is 3.04. The maximum atomic E-state index is 8.37. The molecule has 0 rings (SSSR count). The number of nitrogens with zero attached hydrogens (tertiary/aromatic N) is 1. The van der Waals surface area contributed by atoms with E-state index in [1.54, 1.807) is 6.26 Å². The second kappa shape index (κ2) is 15.5. The largest absolute Gasteiger partial charge is 0.357 e. The van der Waals surface area contributed by atoms with Gasteiger partial charge in [0.1, 0.15) is 0 Å². The zero-order valence-corrected chi connectivity index (χ0v) is 13.4. The second-order valence-electron chi connectivity index (χ2n) is 4.71.